The van der Waals surface area contributed by atoms with Gasteiger partial charge in [-0.1, -0.05) is 18.6 Å². The Kier molecular flexibility index (Phi) is 3.06. The first-order valence-corrected chi connectivity index (χ1v) is 6.11. The van der Waals surface area contributed by atoms with Crippen LogP contribution in [0.5, 0.6) is 0 Å². The molecule has 0 radical (unpaired) electrons. The van der Waals surface area contributed by atoms with E-state index in [9.17, 15) is 9.90 Å². The summed E-state index contributed by atoms with van der Waals surface area (Å²) < 4.78 is 0. The molecule has 2 rings (SSSR count). The van der Waals surface area contributed by atoms with Crippen molar-refractivity contribution in [2.24, 2.45) is 11.3 Å². The maximum atomic E-state index is 10.8. The molecule has 0 aromatic rings. The molecule has 0 spiro atoms. The molecule has 2 aliphatic rings. The van der Waals surface area contributed by atoms with Crippen molar-refractivity contribution in [2.45, 2.75) is 51.6 Å². The minimum absolute atomic E-state index is 0.0715. The van der Waals surface area contributed by atoms with Crippen LogP contribution in [0.4, 0.5) is 0 Å². The smallest absolute Gasteiger partial charge is 0.303 e. The summed E-state index contributed by atoms with van der Waals surface area (Å²) in [5.74, 6) is -0.867. The summed E-state index contributed by atoms with van der Waals surface area (Å²) >= 11 is 0. The number of aliphatic carboxylic acids is 1. The van der Waals surface area contributed by atoms with Gasteiger partial charge in [0.05, 0.1) is 12.5 Å². The number of hydrogen-bond donors (Lipinski definition) is 2. The minimum Gasteiger partial charge on any atom is -0.481 e. The number of hydrogen-bond acceptors (Lipinski definition) is 2. The fourth-order valence-electron chi connectivity index (χ4n) is 3.28. The second-order valence-corrected chi connectivity index (χ2v) is 5.52. The Hall–Kier alpha value is -0.830. The van der Waals surface area contributed by atoms with Gasteiger partial charge in [0.2, 0.25) is 0 Å². The Labute approximate surface area is 96.2 Å². The van der Waals surface area contributed by atoms with Crippen LogP contribution < -0.4 is 0 Å². The second-order valence-electron chi connectivity index (χ2n) is 5.52. The summed E-state index contributed by atoms with van der Waals surface area (Å²) in [6.07, 6.45) is 6.83. The normalized spacial score (nSPS) is 38.8. The van der Waals surface area contributed by atoms with E-state index in [1.807, 2.05) is 0 Å². The SMILES string of the molecule is C[C@]12CCCC=C1C[C@H](O)[C@@H](CC(=O)O)C2. The van der Waals surface area contributed by atoms with Crippen molar-refractivity contribution in [1.82, 2.24) is 0 Å². The van der Waals surface area contributed by atoms with Gasteiger partial charge in [-0.05, 0) is 43.4 Å². The summed E-state index contributed by atoms with van der Waals surface area (Å²) in [6.45, 7) is 2.22. The molecule has 2 aliphatic carbocycles. The molecule has 0 unspecified atom stereocenters. The summed E-state index contributed by atoms with van der Waals surface area (Å²) in [5, 5.41) is 18.8. The lowest BCUT2D eigenvalue weighted by Gasteiger charge is -2.45. The van der Waals surface area contributed by atoms with Gasteiger partial charge in [-0.25, -0.2) is 0 Å². The highest BCUT2D eigenvalue weighted by Crippen LogP contribution is 2.49. The molecular formula is C13H20O3. The van der Waals surface area contributed by atoms with Crippen LogP contribution in [0.25, 0.3) is 0 Å². The van der Waals surface area contributed by atoms with E-state index < -0.39 is 12.1 Å². The Morgan fingerprint density at radius 1 is 1.62 bits per heavy atom. The zero-order chi connectivity index (χ0) is 11.8. The van der Waals surface area contributed by atoms with E-state index in [1.54, 1.807) is 0 Å². The van der Waals surface area contributed by atoms with Gasteiger partial charge in [0.15, 0.2) is 0 Å². The standard InChI is InChI=1S/C13H20O3/c1-13-5-3-2-4-10(13)7-11(14)9(8-13)6-12(15)16/h4,9,11,14H,2-3,5-8H2,1H3,(H,15,16)/t9-,11-,13+/m0/s1. The lowest BCUT2D eigenvalue weighted by atomic mass is 9.61. The number of carbonyl (C=O) groups is 1. The van der Waals surface area contributed by atoms with Crippen molar-refractivity contribution in [3.8, 4) is 0 Å². The van der Waals surface area contributed by atoms with Gasteiger partial charge in [0, 0.05) is 0 Å². The van der Waals surface area contributed by atoms with E-state index in [1.165, 1.54) is 12.0 Å². The molecule has 90 valence electrons. The van der Waals surface area contributed by atoms with Crippen LogP contribution >= 0.6 is 0 Å². The Morgan fingerprint density at radius 2 is 2.38 bits per heavy atom. The monoisotopic (exact) mass is 224 g/mol. The largest absolute Gasteiger partial charge is 0.481 e. The van der Waals surface area contributed by atoms with E-state index >= 15 is 0 Å². The van der Waals surface area contributed by atoms with Crippen LogP contribution in [-0.4, -0.2) is 22.3 Å². The molecule has 3 atom stereocenters. The highest BCUT2D eigenvalue weighted by atomic mass is 16.4. The van der Waals surface area contributed by atoms with Crippen LogP contribution in [0.3, 0.4) is 0 Å². The summed E-state index contributed by atoms with van der Waals surface area (Å²) in [7, 11) is 0. The fraction of sp³-hybridized carbons (Fsp3) is 0.769. The molecule has 0 aromatic carbocycles. The predicted octanol–water partition coefficient (Wildman–Crippen LogP) is 2.35. The lowest BCUT2D eigenvalue weighted by Crippen LogP contribution is -2.39. The molecule has 0 heterocycles. The molecule has 0 amide bonds. The van der Waals surface area contributed by atoms with Gasteiger partial charge in [-0.3, -0.25) is 4.79 Å². The molecule has 1 saturated carbocycles. The van der Waals surface area contributed by atoms with Crippen molar-refractivity contribution < 1.29 is 15.0 Å². The van der Waals surface area contributed by atoms with Crippen molar-refractivity contribution in [3.63, 3.8) is 0 Å². The minimum atomic E-state index is -0.795. The molecular weight excluding hydrogens is 204 g/mol. The molecule has 16 heavy (non-hydrogen) atoms. The number of rotatable bonds is 2. The third kappa shape index (κ3) is 2.14. The maximum absolute atomic E-state index is 10.8. The van der Waals surface area contributed by atoms with Crippen molar-refractivity contribution in [1.29, 1.82) is 0 Å². The lowest BCUT2D eigenvalue weighted by molar-refractivity contribution is -0.140. The second kappa shape index (κ2) is 4.21. The van der Waals surface area contributed by atoms with Crippen molar-refractivity contribution >= 4 is 5.97 Å². The summed E-state index contributed by atoms with van der Waals surface area (Å²) in [5.41, 5.74) is 1.50. The topological polar surface area (TPSA) is 57.5 Å². The number of aliphatic hydroxyl groups is 1. The highest BCUT2D eigenvalue weighted by Gasteiger charge is 2.41. The first-order chi connectivity index (χ1) is 7.51. The molecule has 1 fully saturated rings. The Morgan fingerprint density at radius 3 is 3.06 bits per heavy atom. The van der Waals surface area contributed by atoms with Crippen LogP contribution in [0.1, 0.15) is 45.4 Å². The third-order valence-corrected chi connectivity index (χ3v) is 4.22. The quantitative estimate of drug-likeness (QED) is 0.708. The van der Waals surface area contributed by atoms with Gasteiger partial charge in [0.25, 0.3) is 0 Å². The van der Waals surface area contributed by atoms with Gasteiger partial charge >= 0.3 is 5.97 Å². The van der Waals surface area contributed by atoms with Crippen molar-refractivity contribution in [3.05, 3.63) is 11.6 Å². The van der Waals surface area contributed by atoms with Crippen LogP contribution in [-0.2, 0) is 4.79 Å². The maximum Gasteiger partial charge on any atom is 0.303 e. The van der Waals surface area contributed by atoms with E-state index in [2.05, 4.69) is 13.0 Å². The van der Waals surface area contributed by atoms with E-state index in [0.717, 1.165) is 19.3 Å². The third-order valence-electron chi connectivity index (χ3n) is 4.22. The molecule has 3 heteroatoms. The van der Waals surface area contributed by atoms with Crippen LogP contribution in [0.2, 0.25) is 0 Å². The summed E-state index contributed by atoms with van der Waals surface area (Å²) in [6, 6.07) is 0. The van der Waals surface area contributed by atoms with E-state index in [4.69, 9.17) is 5.11 Å². The number of carboxylic acids is 1. The molecule has 2 N–H and O–H groups in total. The van der Waals surface area contributed by atoms with Crippen LogP contribution in [0.15, 0.2) is 11.6 Å². The molecule has 0 saturated heterocycles. The zero-order valence-electron chi connectivity index (χ0n) is 9.78. The molecule has 3 nitrogen and oxygen atoms in total. The summed E-state index contributed by atoms with van der Waals surface area (Å²) in [4.78, 5) is 10.8. The highest BCUT2D eigenvalue weighted by molar-refractivity contribution is 5.67. The number of fused-ring (bicyclic) bond motifs is 1. The van der Waals surface area contributed by atoms with Crippen molar-refractivity contribution in [2.75, 3.05) is 0 Å². The van der Waals surface area contributed by atoms with Gasteiger partial charge in [-0.15, -0.1) is 0 Å². The molecule has 0 bridgehead atoms. The zero-order valence-corrected chi connectivity index (χ0v) is 9.78. The molecule has 0 aromatic heterocycles. The number of carboxylic acid groups (broad SMARTS) is 1. The Bertz CT molecular complexity index is 321. The van der Waals surface area contributed by atoms with Crippen LogP contribution in [0, 0.1) is 11.3 Å². The Balaban J connectivity index is 2.14. The predicted molar refractivity (Wildman–Crippen MR) is 61.0 cm³/mol. The first-order valence-electron chi connectivity index (χ1n) is 6.11. The van der Waals surface area contributed by atoms with Gasteiger partial charge < -0.3 is 10.2 Å². The van der Waals surface area contributed by atoms with Gasteiger partial charge in [-0.2, -0.15) is 0 Å². The average Bonchev–Trinajstić information content (AvgIpc) is 2.19. The van der Waals surface area contributed by atoms with E-state index in [-0.39, 0.29) is 17.8 Å². The average molecular weight is 224 g/mol. The first kappa shape index (κ1) is 11.6. The molecule has 0 aliphatic heterocycles. The number of allylic oxidation sites excluding steroid dienone is 1. The fourth-order valence-corrected chi connectivity index (χ4v) is 3.28. The van der Waals surface area contributed by atoms with E-state index in [0.29, 0.717) is 6.42 Å². The van der Waals surface area contributed by atoms with Gasteiger partial charge in [0.1, 0.15) is 0 Å². The number of aliphatic hydroxyl groups excluding tert-OH is 1.